The van der Waals surface area contributed by atoms with Gasteiger partial charge >= 0.3 is 12.0 Å². The van der Waals surface area contributed by atoms with Crippen molar-refractivity contribution in [1.82, 2.24) is 5.43 Å². The van der Waals surface area contributed by atoms with Crippen molar-refractivity contribution in [3.05, 3.63) is 50.9 Å². The van der Waals surface area contributed by atoms with Gasteiger partial charge in [-0.15, -0.1) is 11.3 Å². The summed E-state index contributed by atoms with van der Waals surface area (Å²) in [6.45, 7) is 2.06. The quantitative estimate of drug-likeness (QED) is 0.433. The average Bonchev–Trinajstić information content (AvgIpc) is 3.01. The van der Waals surface area contributed by atoms with Crippen molar-refractivity contribution in [2.45, 2.75) is 32.6 Å². The summed E-state index contributed by atoms with van der Waals surface area (Å²) in [6, 6.07) is 6.55. The molecule has 2 N–H and O–H groups in total. The van der Waals surface area contributed by atoms with Gasteiger partial charge in [-0.3, -0.25) is 5.32 Å². The Bertz CT molecular complexity index is 862. The molecule has 1 aliphatic rings. The maximum absolute atomic E-state index is 12.4. The van der Waals surface area contributed by atoms with Crippen molar-refractivity contribution in [3.63, 3.8) is 0 Å². The molecule has 0 saturated carbocycles. The second-order valence-electron chi connectivity index (χ2n) is 6.01. The number of hydrogen-bond donors (Lipinski definition) is 2. The number of carbonyl (C=O) groups excluding carboxylic acids is 2. The molecular formula is C19H20ClN3O3S. The van der Waals surface area contributed by atoms with E-state index in [4.69, 9.17) is 16.3 Å². The second-order valence-corrected chi connectivity index (χ2v) is 7.55. The van der Waals surface area contributed by atoms with E-state index in [1.54, 1.807) is 31.2 Å². The minimum absolute atomic E-state index is 0.292. The number of hydrazone groups is 1. The van der Waals surface area contributed by atoms with Crippen LogP contribution in [0.5, 0.6) is 0 Å². The molecule has 6 nitrogen and oxygen atoms in total. The van der Waals surface area contributed by atoms with Gasteiger partial charge in [-0.05, 0) is 55.9 Å². The number of esters is 1. The lowest BCUT2D eigenvalue weighted by Crippen LogP contribution is -2.25. The highest BCUT2D eigenvalue weighted by Crippen LogP contribution is 2.38. The fourth-order valence-corrected chi connectivity index (χ4v) is 4.32. The van der Waals surface area contributed by atoms with E-state index < -0.39 is 12.0 Å². The van der Waals surface area contributed by atoms with Crippen molar-refractivity contribution >= 4 is 46.2 Å². The van der Waals surface area contributed by atoms with Gasteiger partial charge in [-0.1, -0.05) is 23.7 Å². The van der Waals surface area contributed by atoms with Gasteiger partial charge in [0.25, 0.3) is 0 Å². The topological polar surface area (TPSA) is 79.8 Å². The molecule has 0 atom stereocenters. The fourth-order valence-electron chi connectivity index (χ4n) is 2.92. The molecule has 2 amide bonds. The lowest BCUT2D eigenvalue weighted by Gasteiger charge is -2.12. The zero-order chi connectivity index (χ0) is 19.2. The lowest BCUT2D eigenvalue weighted by atomic mass is 9.95. The first-order valence-electron chi connectivity index (χ1n) is 8.75. The van der Waals surface area contributed by atoms with Gasteiger partial charge in [-0.2, -0.15) is 5.10 Å². The highest BCUT2D eigenvalue weighted by molar-refractivity contribution is 7.17. The molecule has 1 aliphatic carbocycles. The maximum atomic E-state index is 12.4. The summed E-state index contributed by atoms with van der Waals surface area (Å²) < 4.78 is 5.18. The van der Waals surface area contributed by atoms with E-state index in [2.05, 4.69) is 15.8 Å². The minimum Gasteiger partial charge on any atom is -0.462 e. The summed E-state index contributed by atoms with van der Waals surface area (Å²) >= 11 is 7.27. The molecule has 2 aromatic rings. The van der Waals surface area contributed by atoms with Crippen molar-refractivity contribution in [3.8, 4) is 0 Å². The van der Waals surface area contributed by atoms with E-state index in [1.165, 1.54) is 17.6 Å². The molecule has 0 saturated heterocycles. The van der Waals surface area contributed by atoms with Crippen LogP contribution >= 0.6 is 22.9 Å². The van der Waals surface area contributed by atoms with Gasteiger partial charge < -0.3 is 4.74 Å². The third-order valence-electron chi connectivity index (χ3n) is 4.13. The van der Waals surface area contributed by atoms with Crippen LogP contribution in [0.4, 0.5) is 9.80 Å². The summed E-state index contributed by atoms with van der Waals surface area (Å²) in [5.41, 5.74) is 4.70. The Hall–Kier alpha value is -2.38. The number of urea groups is 1. The van der Waals surface area contributed by atoms with E-state index in [1.807, 2.05) is 0 Å². The molecule has 3 rings (SSSR count). The van der Waals surface area contributed by atoms with Crippen LogP contribution in [0.2, 0.25) is 5.02 Å². The third kappa shape index (κ3) is 4.87. The number of hydrogen-bond acceptors (Lipinski definition) is 5. The smallest absolute Gasteiger partial charge is 0.341 e. The van der Waals surface area contributed by atoms with Gasteiger partial charge in [0.2, 0.25) is 0 Å². The Kier molecular flexibility index (Phi) is 6.47. The van der Waals surface area contributed by atoms with Crippen LogP contribution < -0.4 is 10.7 Å². The number of benzene rings is 1. The standard InChI is InChI=1S/C19H20ClN3O3S/c1-2-26-18(24)16-14-5-3-4-6-15(14)27-17(16)22-19(25)23-21-11-12-7-9-13(20)10-8-12/h7-11H,2-6H2,1H3,(H2,22,23,25)/b21-11+. The number of amides is 2. The van der Waals surface area contributed by atoms with E-state index >= 15 is 0 Å². The van der Waals surface area contributed by atoms with Gasteiger partial charge in [-0.25, -0.2) is 15.0 Å². The predicted molar refractivity (Wildman–Crippen MR) is 108 cm³/mol. The SMILES string of the molecule is CCOC(=O)c1c(NC(=O)N/N=C/c2ccc(Cl)cc2)sc2c1CCCC2. The first-order chi connectivity index (χ1) is 13.1. The van der Waals surface area contributed by atoms with Crippen LogP contribution in [-0.4, -0.2) is 24.8 Å². The third-order valence-corrected chi connectivity index (χ3v) is 5.59. The molecule has 0 unspecified atom stereocenters. The van der Waals surface area contributed by atoms with Crippen molar-refractivity contribution in [1.29, 1.82) is 0 Å². The molecule has 0 bridgehead atoms. The van der Waals surface area contributed by atoms with Crippen LogP contribution in [0.3, 0.4) is 0 Å². The van der Waals surface area contributed by atoms with Crippen molar-refractivity contribution in [2.75, 3.05) is 11.9 Å². The monoisotopic (exact) mass is 405 g/mol. The molecule has 0 fully saturated rings. The average molecular weight is 406 g/mol. The zero-order valence-electron chi connectivity index (χ0n) is 14.9. The number of anilines is 1. The van der Waals surface area contributed by atoms with Gasteiger partial charge in [0.1, 0.15) is 5.00 Å². The number of rotatable bonds is 5. The number of fused-ring (bicyclic) bond motifs is 1. The van der Waals surface area contributed by atoms with E-state index in [9.17, 15) is 9.59 Å². The molecule has 0 radical (unpaired) electrons. The Morgan fingerprint density at radius 2 is 2.00 bits per heavy atom. The molecule has 1 aromatic carbocycles. The maximum Gasteiger partial charge on any atom is 0.341 e. The van der Waals surface area contributed by atoms with E-state index in [0.29, 0.717) is 22.2 Å². The number of thiophene rings is 1. The number of nitrogens with one attached hydrogen (secondary N) is 2. The zero-order valence-corrected chi connectivity index (χ0v) is 16.5. The Morgan fingerprint density at radius 1 is 1.26 bits per heavy atom. The molecule has 1 aromatic heterocycles. The summed E-state index contributed by atoms with van der Waals surface area (Å²) in [6.07, 6.45) is 5.39. The first-order valence-corrected chi connectivity index (χ1v) is 9.95. The van der Waals surface area contributed by atoms with Crippen LogP contribution in [-0.2, 0) is 17.6 Å². The van der Waals surface area contributed by atoms with E-state index in [-0.39, 0.29) is 0 Å². The predicted octanol–water partition coefficient (Wildman–Crippen LogP) is 4.61. The Labute approximate surface area is 166 Å². The molecular weight excluding hydrogens is 386 g/mol. The van der Waals surface area contributed by atoms with Crippen LogP contribution in [0.15, 0.2) is 29.4 Å². The number of halogens is 1. The van der Waals surface area contributed by atoms with Crippen LogP contribution in [0, 0.1) is 0 Å². The van der Waals surface area contributed by atoms with Gasteiger partial charge in [0.05, 0.1) is 18.4 Å². The first kappa shape index (κ1) is 19.4. The minimum atomic E-state index is -0.510. The van der Waals surface area contributed by atoms with Crippen LogP contribution in [0.25, 0.3) is 0 Å². The summed E-state index contributed by atoms with van der Waals surface area (Å²) in [5.74, 6) is -0.392. The highest BCUT2D eigenvalue weighted by Gasteiger charge is 2.27. The summed E-state index contributed by atoms with van der Waals surface area (Å²) in [4.78, 5) is 25.7. The lowest BCUT2D eigenvalue weighted by molar-refractivity contribution is 0.0526. The van der Waals surface area contributed by atoms with Gasteiger partial charge in [0, 0.05) is 9.90 Å². The summed E-state index contributed by atoms with van der Waals surface area (Å²) in [7, 11) is 0. The summed E-state index contributed by atoms with van der Waals surface area (Å²) in [5, 5.41) is 7.80. The molecule has 1 heterocycles. The Morgan fingerprint density at radius 3 is 2.74 bits per heavy atom. The Balaban J connectivity index is 1.70. The molecule has 0 spiro atoms. The van der Waals surface area contributed by atoms with Crippen LogP contribution in [0.1, 0.15) is 46.1 Å². The molecule has 27 heavy (non-hydrogen) atoms. The molecule has 142 valence electrons. The second kappa shape index (κ2) is 9.01. The molecule has 8 heteroatoms. The fraction of sp³-hybridized carbons (Fsp3) is 0.316. The number of ether oxygens (including phenoxy) is 1. The largest absolute Gasteiger partial charge is 0.462 e. The number of aryl methyl sites for hydroxylation is 1. The number of nitrogens with zero attached hydrogens (tertiary/aromatic N) is 1. The van der Waals surface area contributed by atoms with Gasteiger partial charge in [0.15, 0.2) is 0 Å². The normalized spacial score (nSPS) is 13.3. The van der Waals surface area contributed by atoms with Crippen molar-refractivity contribution in [2.24, 2.45) is 5.10 Å². The molecule has 0 aliphatic heterocycles. The highest BCUT2D eigenvalue weighted by atomic mass is 35.5. The number of carbonyl (C=O) groups is 2. The van der Waals surface area contributed by atoms with Crippen molar-refractivity contribution < 1.29 is 14.3 Å². The van der Waals surface area contributed by atoms with E-state index in [0.717, 1.165) is 41.7 Å².